The number of ether oxygens (including phenoxy) is 1. The second-order valence-electron chi connectivity index (χ2n) is 2.69. The van der Waals surface area contributed by atoms with Crippen LogP contribution in [0.3, 0.4) is 0 Å². The van der Waals surface area contributed by atoms with Gasteiger partial charge in [-0.25, -0.2) is 0 Å². The van der Waals surface area contributed by atoms with Crippen LogP contribution in [0, 0.1) is 12.0 Å². The summed E-state index contributed by atoms with van der Waals surface area (Å²) in [5.74, 6) is 0.887. The Labute approximate surface area is 50.0 Å². The van der Waals surface area contributed by atoms with E-state index in [1.165, 1.54) is 31.8 Å². The van der Waals surface area contributed by atoms with E-state index >= 15 is 0 Å². The Morgan fingerprint density at radius 3 is 2.75 bits per heavy atom. The van der Waals surface area contributed by atoms with E-state index in [-0.39, 0.29) is 0 Å². The normalized spacial score (nSPS) is 31.5. The topological polar surface area (TPSA) is 9.23 Å². The minimum absolute atomic E-state index is 0.887. The van der Waals surface area contributed by atoms with E-state index in [0.29, 0.717) is 0 Å². The molecule has 45 valence electrons. The van der Waals surface area contributed by atoms with Gasteiger partial charge in [-0.05, 0) is 31.6 Å². The molecule has 2 rings (SSSR count). The standard InChI is InChI=1S/C7H11O/c1-2-7(8-5-1)6-3-4-6/h6H,1-5H2. The van der Waals surface area contributed by atoms with Crippen molar-refractivity contribution in [3.8, 4) is 0 Å². The fourth-order valence-electron chi connectivity index (χ4n) is 1.25. The molecule has 0 bridgehead atoms. The molecule has 0 unspecified atom stereocenters. The van der Waals surface area contributed by atoms with Crippen molar-refractivity contribution in [2.75, 3.05) is 6.61 Å². The first kappa shape index (κ1) is 4.80. The van der Waals surface area contributed by atoms with E-state index in [9.17, 15) is 0 Å². The van der Waals surface area contributed by atoms with Gasteiger partial charge in [0.25, 0.3) is 0 Å². The monoisotopic (exact) mass is 111 g/mol. The third kappa shape index (κ3) is 0.752. The predicted molar refractivity (Wildman–Crippen MR) is 31.2 cm³/mol. The van der Waals surface area contributed by atoms with E-state index in [1.54, 1.807) is 0 Å². The van der Waals surface area contributed by atoms with Crippen LogP contribution in [0.4, 0.5) is 0 Å². The highest BCUT2D eigenvalue weighted by Gasteiger charge is 2.34. The van der Waals surface area contributed by atoms with Gasteiger partial charge >= 0.3 is 0 Å². The summed E-state index contributed by atoms with van der Waals surface area (Å²) in [6.45, 7) is 0.992. The van der Waals surface area contributed by atoms with Crippen LogP contribution in [0.1, 0.15) is 25.7 Å². The lowest BCUT2D eigenvalue weighted by Crippen LogP contribution is -1.94. The van der Waals surface area contributed by atoms with Gasteiger partial charge in [-0.1, -0.05) is 0 Å². The fourth-order valence-corrected chi connectivity index (χ4v) is 1.25. The van der Waals surface area contributed by atoms with Crippen LogP contribution in [-0.2, 0) is 4.74 Å². The maximum Gasteiger partial charge on any atom is 0.100 e. The van der Waals surface area contributed by atoms with Gasteiger partial charge in [-0.15, -0.1) is 0 Å². The molecule has 1 radical (unpaired) electrons. The van der Waals surface area contributed by atoms with Crippen molar-refractivity contribution >= 4 is 0 Å². The summed E-state index contributed by atoms with van der Waals surface area (Å²) in [5.41, 5.74) is 0. The molecule has 1 heterocycles. The van der Waals surface area contributed by atoms with Gasteiger partial charge in [0.2, 0.25) is 0 Å². The van der Waals surface area contributed by atoms with Gasteiger partial charge in [0, 0.05) is 6.61 Å². The molecule has 1 aliphatic heterocycles. The summed E-state index contributed by atoms with van der Waals surface area (Å²) in [7, 11) is 0. The highest BCUT2D eigenvalue weighted by atomic mass is 16.5. The second-order valence-corrected chi connectivity index (χ2v) is 2.69. The van der Waals surface area contributed by atoms with Crippen molar-refractivity contribution < 1.29 is 4.74 Å². The largest absolute Gasteiger partial charge is 0.372 e. The van der Waals surface area contributed by atoms with E-state index in [2.05, 4.69) is 0 Å². The van der Waals surface area contributed by atoms with Crippen LogP contribution in [0.2, 0.25) is 0 Å². The molecule has 1 saturated heterocycles. The maximum absolute atomic E-state index is 5.39. The van der Waals surface area contributed by atoms with Crippen molar-refractivity contribution in [1.29, 1.82) is 0 Å². The number of hydrogen-bond donors (Lipinski definition) is 0. The molecule has 0 aromatic carbocycles. The van der Waals surface area contributed by atoms with Crippen LogP contribution >= 0.6 is 0 Å². The lowest BCUT2D eigenvalue weighted by atomic mass is 10.2. The van der Waals surface area contributed by atoms with Crippen LogP contribution in [0.25, 0.3) is 0 Å². The first-order valence-corrected chi connectivity index (χ1v) is 3.45. The molecule has 0 aromatic rings. The zero-order valence-corrected chi connectivity index (χ0v) is 5.02. The first-order chi connectivity index (χ1) is 3.97. The lowest BCUT2D eigenvalue weighted by molar-refractivity contribution is 0.181. The van der Waals surface area contributed by atoms with Crippen LogP contribution in [-0.4, -0.2) is 6.61 Å². The molecular formula is C7H11O. The highest BCUT2D eigenvalue weighted by molar-refractivity contribution is 4.98. The van der Waals surface area contributed by atoms with Gasteiger partial charge in [-0.3, -0.25) is 0 Å². The molecule has 1 saturated carbocycles. The molecule has 0 amide bonds. The van der Waals surface area contributed by atoms with Gasteiger partial charge in [-0.2, -0.15) is 0 Å². The van der Waals surface area contributed by atoms with Crippen molar-refractivity contribution in [2.45, 2.75) is 25.7 Å². The van der Waals surface area contributed by atoms with Crippen molar-refractivity contribution in [1.82, 2.24) is 0 Å². The Morgan fingerprint density at radius 2 is 2.25 bits per heavy atom. The van der Waals surface area contributed by atoms with E-state index < -0.39 is 0 Å². The molecule has 8 heavy (non-hydrogen) atoms. The van der Waals surface area contributed by atoms with Crippen LogP contribution in [0.5, 0.6) is 0 Å². The van der Waals surface area contributed by atoms with E-state index in [4.69, 9.17) is 4.74 Å². The Balaban J connectivity index is 1.86. The summed E-state index contributed by atoms with van der Waals surface area (Å²) in [4.78, 5) is 0. The fraction of sp³-hybridized carbons (Fsp3) is 0.857. The van der Waals surface area contributed by atoms with Crippen molar-refractivity contribution in [3.63, 3.8) is 0 Å². The molecule has 0 atom stereocenters. The maximum atomic E-state index is 5.39. The second kappa shape index (κ2) is 1.73. The van der Waals surface area contributed by atoms with Crippen LogP contribution < -0.4 is 0 Å². The summed E-state index contributed by atoms with van der Waals surface area (Å²) in [6.07, 6.45) is 6.73. The Morgan fingerprint density at radius 1 is 1.38 bits per heavy atom. The number of rotatable bonds is 1. The summed E-state index contributed by atoms with van der Waals surface area (Å²) < 4.78 is 5.39. The molecule has 1 heteroatoms. The average molecular weight is 111 g/mol. The molecule has 1 aliphatic carbocycles. The van der Waals surface area contributed by atoms with Gasteiger partial charge in [0.15, 0.2) is 0 Å². The van der Waals surface area contributed by atoms with Crippen molar-refractivity contribution in [3.05, 3.63) is 6.10 Å². The molecule has 0 spiro atoms. The summed E-state index contributed by atoms with van der Waals surface area (Å²) >= 11 is 0. The van der Waals surface area contributed by atoms with Crippen LogP contribution in [0.15, 0.2) is 0 Å². The van der Waals surface area contributed by atoms with E-state index in [0.717, 1.165) is 12.5 Å². The van der Waals surface area contributed by atoms with Gasteiger partial charge in [0.1, 0.15) is 6.10 Å². The Bertz CT molecular complexity index is 80.4. The zero-order valence-electron chi connectivity index (χ0n) is 5.02. The zero-order chi connectivity index (χ0) is 5.40. The Kier molecular flexibility index (Phi) is 1.04. The molecule has 2 fully saturated rings. The Hall–Kier alpha value is -0.0400. The molecule has 2 aliphatic rings. The average Bonchev–Trinajstić information content (AvgIpc) is 2.49. The molecule has 0 N–H and O–H groups in total. The summed E-state index contributed by atoms with van der Waals surface area (Å²) in [6, 6.07) is 0. The van der Waals surface area contributed by atoms with Crippen molar-refractivity contribution in [2.24, 2.45) is 5.92 Å². The lowest BCUT2D eigenvalue weighted by Gasteiger charge is -2.02. The third-order valence-electron chi connectivity index (χ3n) is 1.89. The quantitative estimate of drug-likeness (QED) is 0.500. The first-order valence-electron chi connectivity index (χ1n) is 3.45. The third-order valence-corrected chi connectivity index (χ3v) is 1.89. The van der Waals surface area contributed by atoms with Gasteiger partial charge in [0.05, 0.1) is 0 Å². The molecule has 0 aromatic heterocycles. The minimum atomic E-state index is 0.887. The van der Waals surface area contributed by atoms with E-state index in [1.807, 2.05) is 0 Å². The minimum Gasteiger partial charge on any atom is -0.372 e. The van der Waals surface area contributed by atoms with Gasteiger partial charge < -0.3 is 4.74 Å². The molecular weight excluding hydrogens is 100 g/mol. The molecule has 1 nitrogen and oxygen atoms in total. The highest BCUT2D eigenvalue weighted by Crippen LogP contribution is 2.43. The predicted octanol–water partition coefficient (Wildman–Crippen LogP) is 1.74. The number of hydrogen-bond acceptors (Lipinski definition) is 1. The SMILES string of the molecule is C1CO[C](C2CC2)C1. The summed E-state index contributed by atoms with van der Waals surface area (Å²) in [5, 5.41) is 0. The smallest absolute Gasteiger partial charge is 0.100 e.